The number of hydrogen-bond acceptors (Lipinski definition) is 6. The molecule has 0 aromatic heterocycles. The lowest BCUT2D eigenvalue weighted by Crippen LogP contribution is -2.52. The van der Waals surface area contributed by atoms with Crippen molar-refractivity contribution in [3.63, 3.8) is 0 Å². The van der Waals surface area contributed by atoms with E-state index in [4.69, 9.17) is 21.1 Å². The Balaban J connectivity index is 1.54. The average molecular weight is 546 g/mol. The summed E-state index contributed by atoms with van der Waals surface area (Å²) in [5.41, 5.74) is 0.541. The van der Waals surface area contributed by atoms with Gasteiger partial charge in [-0.2, -0.15) is 0 Å². The molecule has 2 saturated heterocycles. The Labute approximate surface area is 228 Å². The number of carbonyl (C=O) groups is 4. The van der Waals surface area contributed by atoms with Gasteiger partial charge in [0.1, 0.15) is 5.41 Å². The normalized spacial score (nSPS) is 23.1. The van der Waals surface area contributed by atoms with Crippen molar-refractivity contribution >= 4 is 35.5 Å². The number of halogens is 1. The van der Waals surface area contributed by atoms with Gasteiger partial charge in [0.15, 0.2) is 0 Å². The molecule has 9 nitrogen and oxygen atoms in total. The Morgan fingerprint density at radius 1 is 1.00 bits per heavy atom. The molecule has 3 aliphatic rings. The van der Waals surface area contributed by atoms with Crippen LogP contribution in [-0.2, 0) is 30.3 Å². The van der Waals surface area contributed by atoms with E-state index < -0.39 is 17.3 Å². The van der Waals surface area contributed by atoms with Gasteiger partial charge in [0, 0.05) is 49.9 Å². The number of allylic oxidation sites excluding steroid dienone is 1. The van der Waals surface area contributed by atoms with Crippen LogP contribution >= 0.6 is 11.6 Å². The van der Waals surface area contributed by atoms with E-state index in [-0.39, 0.29) is 30.9 Å². The van der Waals surface area contributed by atoms with E-state index in [0.29, 0.717) is 62.9 Å². The van der Waals surface area contributed by atoms with Gasteiger partial charge in [-0.3, -0.25) is 14.4 Å². The summed E-state index contributed by atoms with van der Waals surface area (Å²) in [6.45, 7) is 5.83. The molecule has 2 fully saturated rings. The van der Waals surface area contributed by atoms with E-state index in [0.717, 1.165) is 18.4 Å². The number of ether oxygens (including phenoxy) is 2. The summed E-state index contributed by atoms with van der Waals surface area (Å²) in [6.07, 6.45) is 4.07. The topological polar surface area (TPSA) is 96.5 Å². The molecule has 2 atom stereocenters. The number of likely N-dealkylation sites (tertiary alicyclic amines) is 1. The highest BCUT2D eigenvalue weighted by Gasteiger charge is 2.62. The van der Waals surface area contributed by atoms with Gasteiger partial charge in [0.2, 0.25) is 11.8 Å². The highest BCUT2D eigenvalue weighted by atomic mass is 35.5. The Bertz CT molecular complexity index is 1080. The molecule has 1 aromatic rings. The minimum absolute atomic E-state index is 0.0775. The molecule has 38 heavy (non-hydrogen) atoms. The van der Waals surface area contributed by atoms with Gasteiger partial charge in [0.05, 0.1) is 19.1 Å². The third-order valence-corrected chi connectivity index (χ3v) is 7.99. The van der Waals surface area contributed by atoms with Gasteiger partial charge >= 0.3 is 12.1 Å². The van der Waals surface area contributed by atoms with Crippen LogP contribution in [0.4, 0.5) is 4.79 Å². The molecule has 0 bridgehead atoms. The van der Waals surface area contributed by atoms with Crippen molar-refractivity contribution in [2.24, 2.45) is 11.3 Å². The highest BCUT2D eigenvalue weighted by Crippen LogP contribution is 2.53. The quantitative estimate of drug-likeness (QED) is 0.463. The molecule has 4 rings (SSSR count). The monoisotopic (exact) mass is 545 g/mol. The van der Waals surface area contributed by atoms with E-state index in [1.54, 1.807) is 28.5 Å². The molecule has 206 valence electrons. The molecule has 0 radical (unpaired) electrons. The SMILES string of the molecule is CCOC(=O)N1CCN(C(=O)C[C@@H]2C(=O)N(CCc3ccc(Cl)cc3)C3=CCCC[C@]32C(=O)OCC)CC1. The fourth-order valence-corrected chi connectivity index (χ4v) is 5.93. The zero-order valence-corrected chi connectivity index (χ0v) is 22.9. The standard InChI is InChI=1S/C28H36ClN3O6/c1-3-37-26(35)28-13-6-5-7-23(28)32(14-12-20-8-10-21(29)11-9-20)25(34)22(28)19-24(33)30-15-17-31(18-16-30)27(36)38-4-2/h7-11,22H,3-6,12-19H2,1-2H3/t22-,28-/m1/s1. The van der Waals surface area contributed by atoms with Gasteiger partial charge in [-0.15, -0.1) is 0 Å². The van der Waals surface area contributed by atoms with E-state index >= 15 is 0 Å². The van der Waals surface area contributed by atoms with Gasteiger partial charge < -0.3 is 24.2 Å². The third-order valence-electron chi connectivity index (χ3n) is 7.73. The smallest absolute Gasteiger partial charge is 0.409 e. The van der Waals surface area contributed by atoms with Crippen molar-refractivity contribution in [1.82, 2.24) is 14.7 Å². The number of amides is 3. The second-order valence-electron chi connectivity index (χ2n) is 9.86. The van der Waals surface area contributed by atoms with Crippen LogP contribution in [0, 0.1) is 11.3 Å². The number of hydrogen-bond donors (Lipinski definition) is 0. The number of rotatable bonds is 8. The summed E-state index contributed by atoms with van der Waals surface area (Å²) in [4.78, 5) is 57.9. The van der Waals surface area contributed by atoms with Crippen LogP contribution in [0.25, 0.3) is 0 Å². The number of esters is 1. The summed E-state index contributed by atoms with van der Waals surface area (Å²) in [5, 5.41) is 0.643. The third kappa shape index (κ3) is 5.53. The van der Waals surface area contributed by atoms with E-state index in [1.165, 1.54) is 0 Å². The Morgan fingerprint density at radius 2 is 1.66 bits per heavy atom. The molecule has 1 aromatic carbocycles. The van der Waals surface area contributed by atoms with Crippen molar-refractivity contribution in [2.75, 3.05) is 45.9 Å². The van der Waals surface area contributed by atoms with Crippen molar-refractivity contribution in [3.8, 4) is 0 Å². The first-order chi connectivity index (χ1) is 18.3. The number of carbonyl (C=O) groups excluding carboxylic acids is 4. The van der Waals surface area contributed by atoms with Crippen LogP contribution in [0.3, 0.4) is 0 Å². The molecule has 0 unspecified atom stereocenters. The number of nitrogens with zero attached hydrogens (tertiary/aromatic N) is 3. The lowest BCUT2D eigenvalue weighted by atomic mass is 9.68. The largest absolute Gasteiger partial charge is 0.465 e. The Morgan fingerprint density at radius 3 is 2.32 bits per heavy atom. The van der Waals surface area contributed by atoms with Crippen LogP contribution < -0.4 is 0 Å². The van der Waals surface area contributed by atoms with Crippen molar-refractivity contribution < 1.29 is 28.7 Å². The van der Waals surface area contributed by atoms with Crippen LogP contribution in [-0.4, -0.2) is 84.5 Å². The number of benzene rings is 1. The molecular formula is C28H36ClN3O6. The molecule has 1 aliphatic carbocycles. The predicted octanol–water partition coefficient (Wildman–Crippen LogP) is 3.65. The fraction of sp³-hybridized carbons (Fsp3) is 0.571. The maximum Gasteiger partial charge on any atom is 0.409 e. The second kappa shape index (κ2) is 12.2. The van der Waals surface area contributed by atoms with Crippen LogP contribution in [0.1, 0.15) is 45.1 Å². The molecule has 0 saturated carbocycles. The van der Waals surface area contributed by atoms with Crippen molar-refractivity contribution in [1.29, 1.82) is 0 Å². The molecule has 2 heterocycles. The second-order valence-corrected chi connectivity index (χ2v) is 10.3. The average Bonchev–Trinajstić information content (AvgIpc) is 3.16. The minimum Gasteiger partial charge on any atom is -0.465 e. The number of fused-ring (bicyclic) bond motifs is 1. The Hall–Kier alpha value is -3.07. The van der Waals surface area contributed by atoms with Gasteiger partial charge in [-0.05, 0) is 57.2 Å². The Kier molecular flexibility index (Phi) is 8.97. The van der Waals surface area contributed by atoms with Crippen molar-refractivity contribution in [2.45, 2.75) is 46.0 Å². The molecule has 0 N–H and O–H groups in total. The summed E-state index contributed by atoms with van der Waals surface area (Å²) < 4.78 is 10.6. The maximum atomic E-state index is 13.9. The first-order valence-corrected chi connectivity index (χ1v) is 13.8. The molecule has 3 amide bonds. The van der Waals surface area contributed by atoms with Crippen LogP contribution in [0.15, 0.2) is 36.0 Å². The summed E-state index contributed by atoms with van der Waals surface area (Å²) in [5.74, 6) is -1.66. The number of piperazine rings is 1. The van der Waals surface area contributed by atoms with Gasteiger partial charge in [-0.1, -0.05) is 29.8 Å². The van der Waals surface area contributed by atoms with E-state index in [2.05, 4.69) is 0 Å². The lowest BCUT2D eigenvalue weighted by Gasteiger charge is -2.37. The molecule has 2 aliphatic heterocycles. The highest BCUT2D eigenvalue weighted by molar-refractivity contribution is 6.30. The summed E-state index contributed by atoms with van der Waals surface area (Å²) in [6, 6.07) is 7.48. The zero-order chi connectivity index (χ0) is 27.3. The first-order valence-electron chi connectivity index (χ1n) is 13.4. The van der Waals surface area contributed by atoms with Gasteiger partial charge in [-0.25, -0.2) is 4.79 Å². The molecule has 0 spiro atoms. The van der Waals surface area contributed by atoms with E-state index in [1.807, 2.05) is 30.3 Å². The fourth-order valence-electron chi connectivity index (χ4n) is 5.80. The van der Waals surface area contributed by atoms with Crippen LogP contribution in [0.5, 0.6) is 0 Å². The molecular weight excluding hydrogens is 510 g/mol. The predicted molar refractivity (Wildman–Crippen MR) is 141 cm³/mol. The van der Waals surface area contributed by atoms with Gasteiger partial charge in [0.25, 0.3) is 0 Å². The summed E-state index contributed by atoms with van der Waals surface area (Å²) in [7, 11) is 0. The summed E-state index contributed by atoms with van der Waals surface area (Å²) >= 11 is 6.02. The maximum absolute atomic E-state index is 13.9. The molecule has 10 heteroatoms. The first kappa shape index (κ1) is 28.0. The van der Waals surface area contributed by atoms with Crippen molar-refractivity contribution in [3.05, 3.63) is 46.6 Å². The lowest BCUT2D eigenvalue weighted by molar-refractivity contribution is -0.158. The van der Waals surface area contributed by atoms with Crippen LogP contribution in [0.2, 0.25) is 5.02 Å². The van der Waals surface area contributed by atoms with E-state index in [9.17, 15) is 19.2 Å². The zero-order valence-electron chi connectivity index (χ0n) is 22.1. The minimum atomic E-state index is -1.16.